The molecule has 1 heterocycles. The average molecular weight is 194 g/mol. The van der Waals surface area contributed by atoms with Gasteiger partial charge in [0.25, 0.3) is 0 Å². The summed E-state index contributed by atoms with van der Waals surface area (Å²) in [6.07, 6.45) is 2.56. The van der Waals surface area contributed by atoms with Crippen LogP contribution in [0.2, 0.25) is 0 Å². The molecule has 0 N–H and O–H groups in total. The molecule has 0 saturated heterocycles. The fourth-order valence-corrected chi connectivity index (χ4v) is 1.29. The Balaban J connectivity index is 2.47. The molecule has 72 valence electrons. The van der Waals surface area contributed by atoms with E-state index in [4.69, 9.17) is 0 Å². The van der Waals surface area contributed by atoms with Crippen LogP contribution in [0, 0.1) is 0 Å². The standard InChI is InChI=1S/C10H8F2N2/c11-10(12)14-7-13-6-9(14)8-4-2-1-3-5-8/h1-7,10H. The zero-order valence-electron chi connectivity index (χ0n) is 7.27. The number of alkyl halides is 2. The molecule has 0 saturated carbocycles. The van der Waals surface area contributed by atoms with Gasteiger partial charge < -0.3 is 0 Å². The number of imidazole rings is 1. The second-order valence-electron chi connectivity index (χ2n) is 2.83. The van der Waals surface area contributed by atoms with Gasteiger partial charge in [-0.3, -0.25) is 4.57 Å². The molecule has 0 bridgehead atoms. The molecule has 0 amide bonds. The molecule has 2 nitrogen and oxygen atoms in total. The Morgan fingerprint density at radius 3 is 2.50 bits per heavy atom. The quantitative estimate of drug-likeness (QED) is 0.718. The van der Waals surface area contributed by atoms with Crippen molar-refractivity contribution in [1.29, 1.82) is 0 Å². The summed E-state index contributed by atoms with van der Waals surface area (Å²) in [6, 6.07) is 8.99. The molecule has 0 radical (unpaired) electrons. The third-order valence-electron chi connectivity index (χ3n) is 1.95. The highest BCUT2D eigenvalue weighted by molar-refractivity contribution is 5.58. The summed E-state index contributed by atoms with van der Waals surface area (Å²) in [5.41, 5.74) is 1.17. The van der Waals surface area contributed by atoms with Crippen LogP contribution < -0.4 is 0 Å². The van der Waals surface area contributed by atoms with E-state index in [1.54, 1.807) is 24.3 Å². The summed E-state index contributed by atoms with van der Waals surface area (Å²) < 4.78 is 25.8. The number of nitrogens with zero attached hydrogens (tertiary/aromatic N) is 2. The molecule has 0 aliphatic rings. The van der Waals surface area contributed by atoms with Crippen LogP contribution in [0.15, 0.2) is 42.9 Å². The topological polar surface area (TPSA) is 17.8 Å². The first-order valence-electron chi connectivity index (χ1n) is 4.14. The van der Waals surface area contributed by atoms with Crippen LogP contribution in [0.1, 0.15) is 6.55 Å². The molecule has 14 heavy (non-hydrogen) atoms. The van der Waals surface area contributed by atoms with E-state index in [0.717, 1.165) is 16.5 Å². The van der Waals surface area contributed by atoms with Crippen LogP contribution in [0.4, 0.5) is 8.78 Å². The maximum absolute atomic E-state index is 12.5. The minimum absolute atomic E-state index is 0.431. The van der Waals surface area contributed by atoms with E-state index in [2.05, 4.69) is 4.98 Å². The first kappa shape index (κ1) is 8.87. The zero-order valence-corrected chi connectivity index (χ0v) is 7.27. The van der Waals surface area contributed by atoms with Gasteiger partial charge in [0.2, 0.25) is 0 Å². The number of hydrogen-bond donors (Lipinski definition) is 0. The summed E-state index contributed by atoms with van der Waals surface area (Å²) in [7, 11) is 0. The molecule has 0 atom stereocenters. The Hall–Kier alpha value is -1.71. The van der Waals surface area contributed by atoms with Crippen LogP contribution in [-0.4, -0.2) is 9.55 Å². The van der Waals surface area contributed by atoms with Crippen molar-refractivity contribution in [2.45, 2.75) is 6.55 Å². The number of halogens is 2. The minimum atomic E-state index is -2.55. The SMILES string of the molecule is FC(F)n1cncc1-c1ccccc1. The highest BCUT2D eigenvalue weighted by Gasteiger charge is 2.11. The van der Waals surface area contributed by atoms with Crippen molar-refractivity contribution in [2.24, 2.45) is 0 Å². The zero-order chi connectivity index (χ0) is 9.97. The molecular formula is C10H8F2N2. The summed E-state index contributed by atoms with van der Waals surface area (Å²) in [4.78, 5) is 3.70. The number of aromatic nitrogens is 2. The first-order valence-corrected chi connectivity index (χ1v) is 4.14. The highest BCUT2D eigenvalue weighted by Crippen LogP contribution is 2.23. The number of benzene rings is 1. The number of hydrogen-bond acceptors (Lipinski definition) is 1. The molecule has 1 aromatic heterocycles. The van der Waals surface area contributed by atoms with E-state index in [0.29, 0.717) is 5.69 Å². The smallest absolute Gasteiger partial charge is 0.273 e. The van der Waals surface area contributed by atoms with E-state index in [1.165, 1.54) is 6.20 Å². The normalized spacial score (nSPS) is 10.8. The molecule has 0 unspecified atom stereocenters. The van der Waals surface area contributed by atoms with E-state index in [-0.39, 0.29) is 0 Å². The first-order chi connectivity index (χ1) is 6.79. The van der Waals surface area contributed by atoms with E-state index < -0.39 is 6.55 Å². The molecule has 0 aliphatic carbocycles. The lowest BCUT2D eigenvalue weighted by molar-refractivity contribution is 0.0719. The van der Waals surface area contributed by atoms with E-state index in [9.17, 15) is 8.78 Å². The van der Waals surface area contributed by atoms with Crippen LogP contribution in [0.3, 0.4) is 0 Å². The van der Waals surface area contributed by atoms with Crippen molar-refractivity contribution < 1.29 is 8.78 Å². The van der Waals surface area contributed by atoms with Gasteiger partial charge in [0.15, 0.2) is 0 Å². The lowest BCUT2D eigenvalue weighted by Gasteiger charge is -2.05. The Labute approximate surface area is 79.8 Å². The Morgan fingerprint density at radius 1 is 1.14 bits per heavy atom. The van der Waals surface area contributed by atoms with E-state index in [1.807, 2.05) is 6.07 Å². The van der Waals surface area contributed by atoms with Gasteiger partial charge in [0, 0.05) is 0 Å². The Kier molecular flexibility index (Phi) is 2.26. The van der Waals surface area contributed by atoms with Gasteiger partial charge in [0.1, 0.15) is 0 Å². The predicted octanol–water partition coefficient (Wildman–Crippen LogP) is 2.95. The molecule has 1 aromatic carbocycles. The molecular weight excluding hydrogens is 186 g/mol. The molecule has 2 aromatic rings. The Bertz CT molecular complexity index is 409. The summed E-state index contributed by atoms with van der Waals surface area (Å²) in [6.45, 7) is -2.55. The monoisotopic (exact) mass is 194 g/mol. The lowest BCUT2D eigenvalue weighted by atomic mass is 10.2. The van der Waals surface area contributed by atoms with E-state index >= 15 is 0 Å². The van der Waals surface area contributed by atoms with Crippen molar-refractivity contribution in [3.05, 3.63) is 42.9 Å². The van der Waals surface area contributed by atoms with Gasteiger partial charge >= 0.3 is 6.55 Å². The van der Waals surface area contributed by atoms with Crippen LogP contribution in [0.5, 0.6) is 0 Å². The predicted molar refractivity (Wildman–Crippen MR) is 48.9 cm³/mol. The summed E-state index contributed by atoms with van der Waals surface area (Å²) >= 11 is 0. The van der Waals surface area contributed by atoms with Gasteiger partial charge in [0.05, 0.1) is 18.2 Å². The number of rotatable bonds is 2. The third kappa shape index (κ3) is 1.51. The van der Waals surface area contributed by atoms with Crippen molar-refractivity contribution >= 4 is 0 Å². The second kappa shape index (κ2) is 3.57. The van der Waals surface area contributed by atoms with Crippen LogP contribution >= 0.6 is 0 Å². The molecule has 0 spiro atoms. The van der Waals surface area contributed by atoms with Crippen molar-refractivity contribution in [3.8, 4) is 11.3 Å². The summed E-state index contributed by atoms with van der Waals surface area (Å²) in [5, 5.41) is 0. The van der Waals surface area contributed by atoms with Crippen LogP contribution in [0.25, 0.3) is 11.3 Å². The molecule has 0 fully saturated rings. The maximum Gasteiger partial charge on any atom is 0.320 e. The van der Waals surface area contributed by atoms with Gasteiger partial charge in [-0.05, 0) is 5.56 Å². The second-order valence-corrected chi connectivity index (χ2v) is 2.83. The fraction of sp³-hybridized carbons (Fsp3) is 0.100. The third-order valence-corrected chi connectivity index (χ3v) is 1.95. The van der Waals surface area contributed by atoms with Crippen LogP contribution in [-0.2, 0) is 0 Å². The molecule has 2 rings (SSSR count). The largest absolute Gasteiger partial charge is 0.320 e. The maximum atomic E-state index is 12.5. The fourth-order valence-electron chi connectivity index (χ4n) is 1.29. The van der Waals surface area contributed by atoms with Gasteiger partial charge in [-0.25, -0.2) is 4.98 Å². The molecule has 4 heteroatoms. The van der Waals surface area contributed by atoms with Gasteiger partial charge in [-0.1, -0.05) is 30.3 Å². The minimum Gasteiger partial charge on any atom is -0.273 e. The van der Waals surface area contributed by atoms with Crippen molar-refractivity contribution in [2.75, 3.05) is 0 Å². The summed E-state index contributed by atoms with van der Waals surface area (Å²) in [5.74, 6) is 0. The molecule has 0 aliphatic heterocycles. The van der Waals surface area contributed by atoms with Gasteiger partial charge in [-0.15, -0.1) is 0 Å². The van der Waals surface area contributed by atoms with Gasteiger partial charge in [-0.2, -0.15) is 8.78 Å². The van der Waals surface area contributed by atoms with Crippen molar-refractivity contribution in [3.63, 3.8) is 0 Å². The Morgan fingerprint density at radius 2 is 1.86 bits per heavy atom. The average Bonchev–Trinajstić information content (AvgIpc) is 2.67. The highest BCUT2D eigenvalue weighted by atomic mass is 19.3. The lowest BCUT2D eigenvalue weighted by Crippen LogP contribution is -1.97. The van der Waals surface area contributed by atoms with Crippen molar-refractivity contribution in [1.82, 2.24) is 9.55 Å².